The number of aromatic carboxylic acids is 1. The molecule has 6 heteroatoms. The number of pyridine rings is 1. The molecule has 0 unspecified atom stereocenters. The largest absolute Gasteiger partial charge is 0.494 e. The molecule has 0 radical (unpaired) electrons. The van der Waals surface area contributed by atoms with E-state index in [1.54, 1.807) is 12.1 Å². The minimum Gasteiger partial charge on any atom is -0.494 e. The Bertz CT molecular complexity index is 1350. The molecule has 4 aromatic rings. The van der Waals surface area contributed by atoms with Gasteiger partial charge in [-0.1, -0.05) is 63.3 Å². The first-order valence-corrected chi connectivity index (χ1v) is 12.3. The first kappa shape index (κ1) is 25.3. The van der Waals surface area contributed by atoms with Crippen molar-refractivity contribution in [3.05, 3.63) is 83.9 Å². The number of unbranched alkanes of at least 4 members (excludes halogenated alkanes) is 5. The maximum Gasteiger partial charge on any atom is 0.336 e. The molecule has 0 bridgehead atoms. The number of fused-ring (bicyclic) bond motifs is 1. The number of ether oxygens (including phenoxy) is 1. The molecule has 0 saturated heterocycles. The molecular weight excluding hydrogens is 460 g/mol. The third-order valence-corrected chi connectivity index (χ3v) is 6.20. The molecule has 0 fully saturated rings. The van der Waals surface area contributed by atoms with Crippen LogP contribution in [0, 0.1) is 11.6 Å². The molecule has 0 atom stereocenters. The van der Waals surface area contributed by atoms with E-state index >= 15 is 4.39 Å². The second-order valence-corrected chi connectivity index (χ2v) is 8.86. The molecule has 4 nitrogen and oxygen atoms in total. The van der Waals surface area contributed by atoms with Crippen molar-refractivity contribution in [2.75, 3.05) is 6.61 Å². The zero-order valence-electron chi connectivity index (χ0n) is 20.3. The number of carbonyl (C=O) groups is 1. The molecule has 4 rings (SSSR count). The number of hydrogen-bond acceptors (Lipinski definition) is 3. The summed E-state index contributed by atoms with van der Waals surface area (Å²) >= 11 is 0. The van der Waals surface area contributed by atoms with Gasteiger partial charge in [0.1, 0.15) is 17.4 Å². The molecule has 36 heavy (non-hydrogen) atoms. The fraction of sp³-hybridized carbons (Fsp3) is 0.267. The first-order valence-electron chi connectivity index (χ1n) is 12.3. The molecule has 1 aromatic heterocycles. The van der Waals surface area contributed by atoms with Crippen LogP contribution in [0.3, 0.4) is 0 Å². The van der Waals surface area contributed by atoms with Crippen molar-refractivity contribution in [2.45, 2.75) is 45.4 Å². The zero-order valence-corrected chi connectivity index (χ0v) is 20.3. The van der Waals surface area contributed by atoms with E-state index in [1.165, 1.54) is 49.9 Å². The molecule has 0 aliphatic heterocycles. The van der Waals surface area contributed by atoms with Crippen LogP contribution < -0.4 is 4.74 Å². The summed E-state index contributed by atoms with van der Waals surface area (Å²) in [6, 6.07) is 17.1. The standard InChI is InChI=1S/C30H29F2NO3/c1-2-3-4-5-6-7-16-36-23-12-8-20(9-13-23)24-14-10-21(17-27(24)32)29-19-26(30(34)35)25-18-22(31)11-15-28(25)33-29/h8-15,17-19H,2-7,16H2,1H3,(H,34,35). The van der Waals surface area contributed by atoms with Gasteiger partial charge in [-0.3, -0.25) is 0 Å². The Morgan fingerprint density at radius 3 is 2.31 bits per heavy atom. The first-order chi connectivity index (χ1) is 17.5. The molecule has 1 heterocycles. The monoisotopic (exact) mass is 489 g/mol. The average molecular weight is 490 g/mol. The van der Waals surface area contributed by atoms with Gasteiger partial charge >= 0.3 is 5.97 Å². The number of nitrogens with zero attached hydrogens (tertiary/aromatic N) is 1. The lowest BCUT2D eigenvalue weighted by Crippen LogP contribution is -2.01. The highest BCUT2D eigenvalue weighted by Gasteiger charge is 2.15. The number of halogens is 2. The van der Waals surface area contributed by atoms with Crippen molar-refractivity contribution in [3.63, 3.8) is 0 Å². The van der Waals surface area contributed by atoms with Gasteiger partial charge in [-0.25, -0.2) is 18.6 Å². The van der Waals surface area contributed by atoms with Gasteiger partial charge < -0.3 is 9.84 Å². The van der Waals surface area contributed by atoms with Gasteiger partial charge in [0.25, 0.3) is 0 Å². The molecule has 0 aliphatic carbocycles. The lowest BCUT2D eigenvalue weighted by molar-refractivity contribution is 0.0699. The number of hydrogen-bond donors (Lipinski definition) is 1. The normalized spacial score (nSPS) is 11.1. The third-order valence-electron chi connectivity index (χ3n) is 6.20. The highest BCUT2D eigenvalue weighted by atomic mass is 19.1. The second kappa shape index (κ2) is 11.8. The number of carboxylic acids is 1. The molecule has 3 aromatic carbocycles. The Labute approximate surface area is 209 Å². The van der Waals surface area contributed by atoms with Crippen LogP contribution in [-0.2, 0) is 0 Å². The van der Waals surface area contributed by atoms with Gasteiger partial charge in [-0.15, -0.1) is 0 Å². The molecular formula is C30H29F2NO3. The average Bonchev–Trinajstić information content (AvgIpc) is 2.88. The fourth-order valence-electron chi connectivity index (χ4n) is 4.23. The van der Waals surface area contributed by atoms with E-state index in [0.717, 1.165) is 24.7 Å². The lowest BCUT2D eigenvalue weighted by atomic mass is 10.00. The van der Waals surface area contributed by atoms with E-state index in [2.05, 4.69) is 11.9 Å². The van der Waals surface area contributed by atoms with Gasteiger partial charge in [0, 0.05) is 16.5 Å². The Balaban J connectivity index is 1.48. The SMILES string of the molecule is CCCCCCCCOc1ccc(-c2ccc(-c3cc(C(=O)O)c4cc(F)ccc4n3)cc2F)cc1. The molecule has 0 amide bonds. The number of carboxylic acid groups (broad SMARTS) is 1. The number of aromatic nitrogens is 1. The second-order valence-electron chi connectivity index (χ2n) is 8.86. The van der Waals surface area contributed by atoms with Gasteiger partial charge in [0.15, 0.2) is 0 Å². The lowest BCUT2D eigenvalue weighted by Gasteiger charge is -2.10. The summed E-state index contributed by atoms with van der Waals surface area (Å²) in [5.41, 5.74) is 2.10. The van der Waals surface area contributed by atoms with E-state index in [9.17, 15) is 14.3 Å². The van der Waals surface area contributed by atoms with Crippen LogP contribution in [0.5, 0.6) is 5.75 Å². The van der Waals surface area contributed by atoms with Crippen molar-refractivity contribution < 1.29 is 23.4 Å². The molecule has 1 N–H and O–H groups in total. The van der Waals surface area contributed by atoms with Crippen LogP contribution in [0.25, 0.3) is 33.3 Å². The van der Waals surface area contributed by atoms with Crippen molar-refractivity contribution in [2.24, 2.45) is 0 Å². The fourth-order valence-corrected chi connectivity index (χ4v) is 4.23. The quantitative estimate of drug-likeness (QED) is 0.215. The Kier molecular flexibility index (Phi) is 8.26. The van der Waals surface area contributed by atoms with Gasteiger partial charge in [0.2, 0.25) is 0 Å². The van der Waals surface area contributed by atoms with Crippen molar-refractivity contribution in [1.29, 1.82) is 0 Å². The van der Waals surface area contributed by atoms with E-state index in [-0.39, 0.29) is 10.9 Å². The van der Waals surface area contributed by atoms with E-state index in [4.69, 9.17) is 4.74 Å². The van der Waals surface area contributed by atoms with Crippen LogP contribution in [-0.4, -0.2) is 22.7 Å². The molecule has 0 spiro atoms. The van der Waals surface area contributed by atoms with Crippen LogP contribution >= 0.6 is 0 Å². The summed E-state index contributed by atoms with van der Waals surface area (Å²) < 4.78 is 34.5. The van der Waals surface area contributed by atoms with Crippen LogP contribution in [0.1, 0.15) is 55.8 Å². The van der Waals surface area contributed by atoms with Crippen molar-refractivity contribution >= 4 is 16.9 Å². The minimum atomic E-state index is -1.20. The molecule has 0 saturated carbocycles. The number of benzene rings is 3. The Morgan fingerprint density at radius 2 is 1.58 bits per heavy atom. The van der Waals surface area contributed by atoms with Gasteiger partial charge in [0.05, 0.1) is 23.4 Å². The van der Waals surface area contributed by atoms with Crippen LogP contribution in [0.15, 0.2) is 66.7 Å². The Hall–Kier alpha value is -3.80. The van der Waals surface area contributed by atoms with E-state index in [0.29, 0.717) is 34.5 Å². The minimum absolute atomic E-state index is 0.0875. The predicted octanol–water partition coefficient (Wildman–Crippen LogP) is 8.28. The van der Waals surface area contributed by atoms with Crippen molar-refractivity contribution in [3.8, 4) is 28.1 Å². The highest BCUT2D eigenvalue weighted by molar-refractivity contribution is 6.03. The summed E-state index contributed by atoms with van der Waals surface area (Å²) in [7, 11) is 0. The zero-order chi connectivity index (χ0) is 25.5. The summed E-state index contributed by atoms with van der Waals surface area (Å²) in [6.45, 7) is 2.87. The maximum atomic E-state index is 15.1. The van der Waals surface area contributed by atoms with Crippen molar-refractivity contribution in [1.82, 2.24) is 4.98 Å². The predicted molar refractivity (Wildman–Crippen MR) is 138 cm³/mol. The van der Waals surface area contributed by atoms with Gasteiger partial charge in [-0.2, -0.15) is 0 Å². The molecule has 186 valence electrons. The summed E-state index contributed by atoms with van der Waals surface area (Å²) in [6.07, 6.45) is 7.20. The third kappa shape index (κ3) is 6.06. The summed E-state index contributed by atoms with van der Waals surface area (Å²) in [4.78, 5) is 16.2. The molecule has 0 aliphatic rings. The van der Waals surface area contributed by atoms with Crippen LogP contribution in [0.2, 0.25) is 0 Å². The summed E-state index contributed by atoms with van der Waals surface area (Å²) in [5, 5.41) is 9.79. The topological polar surface area (TPSA) is 59.4 Å². The highest BCUT2D eigenvalue weighted by Crippen LogP contribution is 2.31. The Morgan fingerprint density at radius 1 is 0.861 bits per heavy atom. The maximum absolute atomic E-state index is 15.1. The smallest absolute Gasteiger partial charge is 0.336 e. The number of rotatable bonds is 11. The van der Waals surface area contributed by atoms with E-state index in [1.807, 2.05) is 24.3 Å². The summed E-state index contributed by atoms with van der Waals surface area (Å²) in [5.74, 6) is -1.45. The van der Waals surface area contributed by atoms with Crippen LogP contribution in [0.4, 0.5) is 8.78 Å². The van der Waals surface area contributed by atoms with Gasteiger partial charge in [-0.05, 0) is 54.4 Å². The van der Waals surface area contributed by atoms with E-state index < -0.39 is 17.6 Å².